The number of likely N-dealkylation sites (N-methyl/N-ethyl adjacent to an activating group) is 1. The summed E-state index contributed by atoms with van der Waals surface area (Å²) in [6, 6.07) is 0. The molecule has 0 aromatic carbocycles. The molecule has 0 rings (SSSR count). The van der Waals surface area contributed by atoms with Gasteiger partial charge in [0.05, 0.1) is 21.0 Å². The average molecular weight is 421 g/mol. The summed E-state index contributed by atoms with van der Waals surface area (Å²) >= 11 is 0. The molecule has 0 spiro atoms. The number of phosphoric acid groups is 2. The molecule has 23 heavy (non-hydrogen) atoms. The standard InChI is InChI=1S/C7H13N.C4H12O7P2.2K/c1-4-6-8(3)7-5-2;1-3-9-13(8,10-4-2)11-12(5,6)7;;/h4-5H,1-2,6-7H2,3H3;3-4H2,1-2H3,(H2,5,6,7);;/q;;2*+1/p-2. The Hall–Kier alpha value is 2.97. The predicted octanol–water partition coefficient (Wildman–Crippen LogP) is -4.69. The summed E-state index contributed by atoms with van der Waals surface area (Å²) in [4.78, 5) is 22.4. The first kappa shape index (κ1) is 33.5. The van der Waals surface area contributed by atoms with Gasteiger partial charge in [-0.3, -0.25) is 18.3 Å². The van der Waals surface area contributed by atoms with Crippen molar-refractivity contribution < 1.29 is 135 Å². The first-order valence-electron chi connectivity index (χ1n) is 6.16. The quantitative estimate of drug-likeness (QED) is 0.197. The molecule has 0 radical (unpaired) electrons. The van der Waals surface area contributed by atoms with Gasteiger partial charge in [0.2, 0.25) is 0 Å². The van der Waals surface area contributed by atoms with Crippen LogP contribution in [0.5, 0.6) is 0 Å². The molecule has 0 N–H and O–H groups in total. The minimum atomic E-state index is -5.36. The normalized spacial score (nSPS) is 10.7. The van der Waals surface area contributed by atoms with Crippen LogP contribution in [0.2, 0.25) is 0 Å². The Morgan fingerprint density at radius 2 is 1.35 bits per heavy atom. The van der Waals surface area contributed by atoms with E-state index in [1.54, 1.807) is 0 Å². The molecule has 0 unspecified atom stereocenters. The van der Waals surface area contributed by atoms with Crippen LogP contribution in [0.3, 0.4) is 0 Å². The molecular weight excluding hydrogens is 398 g/mol. The topological polar surface area (TPSA) is 111 Å². The Kier molecular flexibility index (Phi) is 28.8. The van der Waals surface area contributed by atoms with Crippen LogP contribution in [0.15, 0.2) is 25.3 Å². The molecule has 126 valence electrons. The van der Waals surface area contributed by atoms with E-state index in [0.717, 1.165) is 13.1 Å². The van der Waals surface area contributed by atoms with Gasteiger partial charge in [0, 0.05) is 13.1 Å². The van der Waals surface area contributed by atoms with Crippen LogP contribution < -0.4 is 113 Å². The van der Waals surface area contributed by atoms with E-state index >= 15 is 0 Å². The number of hydrogen-bond acceptors (Lipinski definition) is 8. The monoisotopic (exact) mass is 421 g/mol. The molecule has 0 aliphatic carbocycles. The van der Waals surface area contributed by atoms with Gasteiger partial charge >= 0.3 is 111 Å². The van der Waals surface area contributed by atoms with Crippen LogP contribution in [-0.4, -0.2) is 38.3 Å². The molecule has 0 saturated heterocycles. The minimum Gasteiger partial charge on any atom is -0.789 e. The van der Waals surface area contributed by atoms with Crippen molar-refractivity contribution >= 4 is 15.6 Å². The smallest absolute Gasteiger partial charge is 0.789 e. The molecule has 0 fully saturated rings. The molecule has 0 aliphatic heterocycles. The van der Waals surface area contributed by atoms with Crippen molar-refractivity contribution in [1.82, 2.24) is 4.90 Å². The van der Waals surface area contributed by atoms with Crippen molar-refractivity contribution in [1.29, 1.82) is 0 Å². The van der Waals surface area contributed by atoms with Gasteiger partial charge in [-0.15, -0.1) is 13.2 Å². The Balaban J connectivity index is -0.000000158. The Bertz CT molecular complexity index is 373. The first-order chi connectivity index (χ1) is 9.64. The summed E-state index contributed by atoms with van der Waals surface area (Å²) in [5, 5.41) is 0. The van der Waals surface area contributed by atoms with Gasteiger partial charge in [-0.1, -0.05) is 12.2 Å². The fourth-order valence-electron chi connectivity index (χ4n) is 1.04. The molecule has 0 aliphatic rings. The number of hydrogen-bond donors (Lipinski definition) is 0. The molecular formula is C11H23K2NO7P2. The third kappa shape index (κ3) is 25.0. The molecule has 12 heteroatoms. The molecule has 0 amide bonds. The van der Waals surface area contributed by atoms with Gasteiger partial charge in [-0.2, -0.15) is 0 Å². The van der Waals surface area contributed by atoms with Gasteiger partial charge in [0.15, 0.2) is 0 Å². The Labute approximate surface area is 224 Å². The molecule has 0 aromatic heterocycles. The van der Waals surface area contributed by atoms with Crippen molar-refractivity contribution in [3.63, 3.8) is 0 Å². The van der Waals surface area contributed by atoms with Crippen LogP contribution in [0.25, 0.3) is 0 Å². The molecule has 0 saturated carbocycles. The molecule has 0 heterocycles. The average Bonchev–Trinajstić information content (AvgIpc) is 2.28. The second-order valence-corrected chi connectivity index (χ2v) is 6.57. The van der Waals surface area contributed by atoms with E-state index in [1.807, 2.05) is 19.2 Å². The minimum absolute atomic E-state index is 0. The maximum Gasteiger partial charge on any atom is 1.00 e. The Morgan fingerprint density at radius 1 is 1.00 bits per heavy atom. The number of phosphoric ester groups is 1. The molecule has 8 nitrogen and oxygen atoms in total. The third-order valence-corrected chi connectivity index (χ3v) is 4.40. The summed E-state index contributed by atoms with van der Waals surface area (Å²) in [6.07, 6.45) is 3.76. The zero-order valence-electron chi connectivity index (χ0n) is 14.6. The van der Waals surface area contributed by atoms with Gasteiger partial charge in [-0.05, 0) is 20.9 Å². The van der Waals surface area contributed by atoms with Gasteiger partial charge in [-0.25, -0.2) is 4.57 Å². The molecule has 0 bridgehead atoms. The van der Waals surface area contributed by atoms with Crippen molar-refractivity contribution in [2.24, 2.45) is 0 Å². The second-order valence-electron chi connectivity index (χ2n) is 3.61. The van der Waals surface area contributed by atoms with Crippen LogP contribution in [0.4, 0.5) is 0 Å². The van der Waals surface area contributed by atoms with Crippen LogP contribution in [0, 0.1) is 0 Å². The number of rotatable bonds is 10. The largest absolute Gasteiger partial charge is 1.00 e. The summed E-state index contributed by atoms with van der Waals surface area (Å²) < 4.78 is 33.7. The van der Waals surface area contributed by atoms with Crippen molar-refractivity contribution in [3.8, 4) is 0 Å². The summed E-state index contributed by atoms with van der Waals surface area (Å²) in [6.45, 7) is 11.8. The van der Waals surface area contributed by atoms with E-state index in [2.05, 4.69) is 31.4 Å². The molecule has 0 atom stereocenters. The van der Waals surface area contributed by atoms with Gasteiger partial charge in [0.1, 0.15) is 0 Å². The predicted molar refractivity (Wildman–Crippen MR) is 77.4 cm³/mol. The SMILES string of the molecule is C=CCN(C)CC=C.CCOP(=O)(OCC)OP(=O)([O-])[O-].[K+].[K+]. The van der Waals surface area contributed by atoms with E-state index in [1.165, 1.54) is 13.8 Å². The van der Waals surface area contributed by atoms with Crippen molar-refractivity contribution in [3.05, 3.63) is 25.3 Å². The third-order valence-electron chi connectivity index (χ3n) is 1.66. The van der Waals surface area contributed by atoms with Gasteiger partial charge in [0.25, 0.3) is 0 Å². The van der Waals surface area contributed by atoms with E-state index < -0.39 is 15.6 Å². The Morgan fingerprint density at radius 3 is 1.57 bits per heavy atom. The van der Waals surface area contributed by atoms with Crippen LogP contribution in [-0.2, 0) is 22.5 Å². The summed E-state index contributed by atoms with van der Waals surface area (Å²) in [7, 11) is -7.56. The maximum absolute atomic E-state index is 11.2. The van der Waals surface area contributed by atoms with Crippen molar-refractivity contribution in [2.75, 3.05) is 33.4 Å². The van der Waals surface area contributed by atoms with Crippen LogP contribution in [0.1, 0.15) is 13.8 Å². The van der Waals surface area contributed by atoms with E-state index in [0.29, 0.717) is 0 Å². The summed E-state index contributed by atoms with van der Waals surface area (Å²) in [5.41, 5.74) is 0. The molecule has 0 aromatic rings. The van der Waals surface area contributed by atoms with E-state index in [4.69, 9.17) is 0 Å². The van der Waals surface area contributed by atoms with E-state index in [-0.39, 0.29) is 116 Å². The first-order valence-corrected chi connectivity index (χ1v) is 9.09. The van der Waals surface area contributed by atoms with Crippen LogP contribution >= 0.6 is 15.6 Å². The summed E-state index contributed by atoms with van der Waals surface area (Å²) in [5.74, 6) is 0. The van der Waals surface area contributed by atoms with Gasteiger partial charge < -0.3 is 14.4 Å². The van der Waals surface area contributed by atoms with Crippen molar-refractivity contribution in [2.45, 2.75) is 13.8 Å². The zero-order chi connectivity index (χ0) is 16.9. The fraction of sp³-hybridized carbons (Fsp3) is 0.636. The fourth-order valence-corrected chi connectivity index (χ4v) is 3.10. The zero-order valence-corrected chi connectivity index (χ0v) is 22.6. The van der Waals surface area contributed by atoms with E-state index in [9.17, 15) is 18.9 Å². The second kappa shape index (κ2) is 19.7. The number of nitrogens with zero attached hydrogens (tertiary/aromatic N) is 1. The maximum atomic E-state index is 11.2.